The number of ketones is 1. The van der Waals surface area contributed by atoms with E-state index in [1.165, 1.54) is 4.31 Å². The molecule has 0 saturated carbocycles. The van der Waals surface area contributed by atoms with E-state index in [4.69, 9.17) is 4.74 Å². The maximum Gasteiger partial charge on any atom is 0.218 e. The average molecular weight is 388 g/mol. The van der Waals surface area contributed by atoms with E-state index in [1.807, 2.05) is 43.3 Å². The number of ether oxygens (including phenoxy) is 1. The van der Waals surface area contributed by atoms with Crippen LogP contribution in [0, 0.1) is 12.8 Å². The van der Waals surface area contributed by atoms with Gasteiger partial charge in [-0.15, -0.1) is 0 Å². The van der Waals surface area contributed by atoms with Crippen molar-refractivity contribution in [2.45, 2.75) is 25.5 Å². The molecule has 144 valence electrons. The van der Waals surface area contributed by atoms with Crippen LogP contribution in [0.1, 0.15) is 34.3 Å². The Kier molecular flexibility index (Phi) is 5.97. The zero-order valence-corrected chi connectivity index (χ0v) is 16.5. The van der Waals surface area contributed by atoms with Crippen molar-refractivity contribution in [3.05, 3.63) is 65.2 Å². The molecule has 2 aromatic rings. The van der Waals surface area contributed by atoms with Crippen molar-refractivity contribution < 1.29 is 17.9 Å². The van der Waals surface area contributed by atoms with E-state index in [9.17, 15) is 13.2 Å². The molecule has 2 aromatic carbocycles. The molecular formula is C21H25NO4S. The molecular weight excluding hydrogens is 362 g/mol. The SMILES string of the molecule is COc1ccc(C(=O)[C@H]2CCCN(S(=O)(=O)Cc3ccccc3)C2)c(C)c1. The van der Waals surface area contributed by atoms with Crippen LogP contribution in [0.4, 0.5) is 0 Å². The van der Waals surface area contributed by atoms with Gasteiger partial charge in [0.2, 0.25) is 10.0 Å². The highest BCUT2D eigenvalue weighted by Gasteiger charge is 2.33. The van der Waals surface area contributed by atoms with Gasteiger partial charge in [0.15, 0.2) is 5.78 Å². The van der Waals surface area contributed by atoms with Gasteiger partial charge in [0.25, 0.3) is 0 Å². The Hall–Kier alpha value is -2.18. The number of hydrogen-bond acceptors (Lipinski definition) is 4. The summed E-state index contributed by atoms with van der Waals surface area (Å²) in [6, 6.07) is 14.5. The van der Waals surface area contributed by atoms with Crippen molar-refractivity contribution in [2.24, 2.45) is 5.92 Å². The van der Waals surface area contributed by atoms with E-state index in [0.717, 1.165) is 11.1 Å². The lowest BCUT2D eigenvalue weighted by Gasteiger charge is -2.31. The minimum absolute atomic E-state index is 0.00904. The average Bonchev–Trinajstić information content (AvgIpc) is 2.68. The Labute approximate surface area is 161 Å². The summed E-state index contributed by atoms with van der Waals surface area (Å²) in [6.45, 7) is 2.60. The summed E-state index contributed by atoms with van der Waals surface area (Å²) in [5, 5.41) is 0. The number of carbonyl (C=O) groups excluding carboxylic acids is 1. The first kappa shape index (κ1) is 19.6. The number of hydrogen-bond donors (Lipinski definition) is 0. The van der Waals surface area contributed by atoms with Crippen LogP contribution in [-0.2, 0) is 15.8 Å². The van der Waals surface area contributed by atoms with Crippen molar-refractivity contribution in [1.82, 2.24) is 4.31 Å². The molecule has 0 aliphatic carbocycles. The smallest absolute Gasteiger partial charge is 0.218 e. The molecule has 1 atom stereocenters. The van der Waals surface area contributed by atoms with Gasteiger partial charge in [-0.25, -0.2) is 12.7 Å². The first-order valence-corrected chi connectivity index (χ1v) is 10.7. The standard InChI is InChI=1S/C21H25NO4S/c1-16-13-19(26-2)10-11-20(16)21(23)18-9-6-12-22(14-18)27(24,25)15-17-7-4-3-5-8-17/h3-5,7-8,10-11,13,18H,6,9,12,14-15H2,1-2H3/t18-/m0/s1. The zero-order valence-electron chi connectivity index (χ0n) is 15.7. The van der Waals surface area contributed by atoms with Gasteiger partial charge in [0.05, 0.1) is 12.9 Å². The summed E-state index contributed by atoms with van der Waals surface area (Å²) in [5.74, 6) is 0.377. The number of methoxy groups -OCH3 is 1. The maximum absolute atomic E-state index is 13.0. The van der Waals surface area contributed by atoms with Crippen LogP contribution < -0.4 is 4.74 Å². The molecule has 0 radical (unpaired) electrons. The minimum atomic E-state index is -3.44. The molecule has 0 amide bonds. The van der Waals surface area contributed by atoms with Gasteiger partial charge < -0.3 is 4.74 Å². The van der Waals surface area contributed by atoms with E-state index >= 15 is 0 Å². The normalized spacial score (nSPS) is 18.2. The molecule has 5 nitrogen and oxygen atoms in total. The van der Waals surface area contributed by atoms with Crippen LogP contribution >= 0.6 is 0 Å². The number of benzene rings is 2. The molecule has 1 fully saturated rings. The molecule has 1 aliphatic heterocycles. The highest BCUT2D eigenvalue weighted by atomic mass is 32.2. The quantitative estimate of drug-likeness (QED) is 0.713. The number of carbonyl (C=O) groups is 1. The van der Waals surface area contributed by atoms with Gasteiger partial charge >= 0.3 is 0 Å². The molecule has 0 unspecified atom stereocenters. The summed E-state index contributed by atoms with van der Waals surface area (Å²) in [6.07, 6.45) is 1.40. The Balaban J connectivity index is 1.74. The molecule has 0 N–H and O–H groups in total. The molecule has 1 saturated heterocycles. The minimum Gasteiger partial charge on any atom is -0.497 e. The van der Waals surface area contributed by atoms with Gasteiger partial charge in [-0.1, -0.05) is 30.3 Å². The van der Waals surface area contributed by atoms with E-state index in [1.54, 1.807) is 19.2 Å². The largest absolute Gasteiger partial charge is 0.497 e. The second kappa shape index (κ2) is 8.23. The molecule has 0 spiro atoms. The fourth-order valence-corrected chi connectivity index (χ4v) is 5.16. The lowest BCUT2D eigenvalue weighted by molar-refractivity contribution is 0.0871. The van der Waals surface area contributed by atoms with Crippen molar-refractivity contribution in [1.29, 1.82) is 0 Å². The van der Waals surface area contributed by atoms with Crippen LogP contribution in [0.3, 0.4) is 0 Å². The van der Waals surface area contributed by atoms with Gasteiger partial charge in [-0.2, -0.15) is 0 Å². The molecule has 0 aromatic heterocycles. The summed E-state index contributed by atoms with van der Waals surface area (Å²) in [4.78, 5) is 13.0. The lowest BCUT2D eigenvalue weighted by atomic mass is 9.89. The van der Waals surface area contributed by atoms with E-state index in [2.05, 4.69) is 0 Å². The van der Waals surface area contributed by atoms with Gasteiger partial charge in [-0.05, 0) is 49.1 Å². The third kappa shape index (κ3) is 4.57. The summed E-state index contributed by atoms with van der Waals surface area (Å²) in [7, 11) is -1.85. The first-order valence-electron chi connectivity index (χ1n) is 9.11. The molecule has 6 heteroatoms. The van der Waals surface area contributed by atoms with Gasteiger partial charge in [0.1, 0.15) is 5.75 Å². The Morgan fingerprint density at radius 2 is 1.93 bits per heavy atom. The van der Waals surface area contributed by atoms with Crippen LogP contribution in [0.5, 0.6) is 5.75 Å². The highest BCUT2D eigenvalue weighted by molar-refractivity contribution is 7.88. The predicted octanol–water partition coefficient (Wildman–Crippen LogP) is 3.43. The second-order valence-electron chi connectivity index (χ2n) is 6.98. The summed E-state index contributed by atoms with van der Waals surface area (Å²) < 4.78 is 32.3. The monoisotopic (exact) mass is 387 g/mol. The topological polar surface area (TPSA) is 63.7 Å². The van der Waals surface area contributed by atoms with Crippen molar-refractivity contribution in [2.75, 3.05) is 20.2 Å². The summed E-state index contributed by atoms with van der Waals surface area (Å²) in [5.41, 5.74) is 2.25. The first-order chi connectivity index (χ1) is 12.9. The van der Waals surface area contributed by atoms with Crippen LogP contribution in [0.2, 0.25) is 0 Å². The van der Waals surface area contributed by atoms with Crippen LogP contribution in [-0.4, -0.2) is 38.7 Å². The van der Waals surface area contributed by atoms with Crippen molar-refractivity contribution in [3.63, 3.8) is 0 Å². The van der Waals surface area contributed by atoms with Crippen molar-refractivity contribution >= 4 is 15.8 Å². The van der Waals surface area contributed by atoms with Crippen LogP contribution in [0.25, 0.3) is 0 Å². The highest BCUT2D eigenvalue weighted by Crippen LogP contribution is 2.27. The molecule has 0 bridgehead atoms. The molecule has 1 aliphatic rings. The lowest BCUT2D eigenvalue weighted by Crippen LogP contribution is -2.42. The summed E-state index contributed by atoms with van der Waals surface area (Å²) >= 11 is 0. The Morgan fingerprint density at radius 1 is 1.19 bits per heavy atom. The number of nitrogens with zero attached hydrogens (tertiary/aromatic N) is 1. The third-order valence-corrected chi connectivity index (χ3v) is 6.86. The molecule has 27 heavy (non-hydrogen) atoms. The van der Waals surface area contributed by atoms with E-state index in [-0.39, 0.29) is 24.0 Å². The Morgan fingerprint density at radius 3 is 2.59 bits per heavy atom. The van der Waals surface area contributed by atoms with Crippen LogP contribution in [0.15, 0.2) is 48.5 Å². The predicted molar refractivity (Wildman–Crippen MR) is 105 cm³/mol. The van der Waals surface area contributed by atoms with Gasteiger partial charge in [-0.3, -0.25) is 4.79 Å². The van der Waals surface area contributed by atoms with E-state index in [0.29, 0.717) is 30.7 Å². The molecule has 1 heterocycles. The third-order valence-electron chi connectivity index (χ3n) is 5.04. The van der Waals surface area contributed by atoms with Gasteiger partial charge in [0, 0.05) is 24.6 Å². The zero-order chi connectivity index (χ0) is 19.4. The van der Waals surface area contributed by atoms with E-state index < -0.39 is 10.0 Å². The fraction of sp³-hybridized carbons (Fsp3) is 0.381. The van der Waals surface area contributed by atoms with Crippen molar-refractivity contribution in [3.8, 4) is 5.75 Å². The number of sulfonamides is 1. The number of rotatable bonds is 6. The number of aryl methyl sites for hydroxylation is 1. The fourth-order valence-electron chi connectivity index (χ4n) is 3.54. The molecule has 3 rings (SSSR count). The maximum atomic E-state index is 13.0. The number of piperidine rings is 1. The second-order valence-corrected chi connectivity index (χ2v) is 8.95. The number of Topliss-reactive ketones (excluding diaryl/α,β-unsaturated/α-hetero) is 1. The Bertz CT molecular complexity index is 909.